The molecule has 5 heterocycles. The van der Waals surface area contributed by atoms with Crippen molar-refractivity contribution >= 4 is 39.3 Å². The number of piperidine rings is 3. The van der Waals surface area contributed by atoms with Crippen molar-refractivity contribution in [3.63, 3.8) is 0 Å². The first-order chi connectivity index (χ1) is 21.5. The van der Waals surface area contributed by atoms with Gasteiger partial charge in [0.25, 0.3) is 5.91 Å². The van der Waals surface area contributed by atoms with Gasteiger partial charge >= 0.3 is 6.03 Å². The molecule has 1 spiro atoms. The Labute approximate surface area is 263 Å². The zero-order valence-corrected chi connectivity index (χ0v) is 26.2. The highest BCUT2D eigenvalue weighted by Crippen LogP contribution is 2.39. The minimum Gasteiger partial charge on any atom is -0.351 e. The van der Waals surface area contributed by atoms with Gasteiger partial charge in [-0.05, 0) is 85.6 Å². The van der Waals surface area contributed by atoms with Gasteiger partial charge in [0, 0.05) is 60.9 Å². The topological polar surface area (TPSA) is 85.0 Å². The number of urea groups is 1. The number of nitrogens with one attached hydrogen (secondary N) is 2. The number of hydrogen-bond donors (Lipinski definition) is 2. The largest absolute Gasteiger partial charge is 0.351 e. The second kappa shape index (κ2) is 12.5. The smallest absolute Gasteiger partial charge is 0.318 e. The van der Waals surface area contributed by atoms with Crippen LogP contribution >= 0.6 is 11.3 Å². The Hall–Kier alpha value is -3.43. The van der Waals surface area contributed by atoms with Crippen LogP contribution in [0.5, 0.6) is 0 Å². The fourth-order valence-electron chi connectivity index (χ4n) is 7.97. The van der Waals surface area contributed by atoms with E-state index >= 15 is 0 Å². The van der Waals surface area contributed by atoms with E-state index in [0.717, 1.165) is 60.8 Å². The summed E-state index contributed by atoms with van der Waals surface area (Å²) in [5, 5.41) is 9.58. The van der Waals surface area contributed by atoms with E-state index in [9.17, 15) is 14.4 Å². The SMILES string of the molecule is O=C1NCC2(CCN(C(=O)N[C@H](Cc3csc4ccccc34)C(=O)N3CCC(N4CCCCC4)CC3)CC2)c2ccccc21. The Kier molecular flexibility index (Phi) is 8.33. The van der Waals surface area contributed by atoms with Crippen molar-refractivity contribution < 1.29 is 14.4 Å². The molecule has 7 rings (SSSR count). The lowest BCUT2D eigenvalue weighted by atomic mass is 9.69. The van der Waals surface area contributed by atoms with Crippen LogP contribution in [0.15, 0.2) is 53.9 Å². The number of carbonyl (C=O) groups excluding carboxylic acids is 3. The Balaban J connectivity index is 1.04. The summed E-state index contributed by atoms with van der Waals surface area (Å²) in [4.78, 5) is 46.9. The Morgan fingerprint density at radius 3 is 2.43 bits per heavy atom. The molecule has 2 N–H and O–H groups in total. The van der Waals surface area contributed by atoms with Gasteiger partial charge in [0.1, 0.15) is 6.04 Å². The Morgan fingerprint density at radius 2 is 1.64 bits per heavy atom. The van der Waals surface area contributed by atoms with Crippen LogP contribution in [0, 0.1) is 0 Å². The molecule has 4 amide bonds. The minimum absolute atomic E-state index is 0.0198. The molecular formula is C35H43N5O3S. The lowest BCUT2D eigenvalue weighted by molar-refractivity contribution is -0.134. The molecule has 44 heavy (non-hydrogen) atoms. The van der Waals surface area contributed by atoms with Crippen molar-refractivity contribution in [2.45, 2.75) is 68.9 Å². The van der Waals surface area contributed by atoms with Crippen molar-refractivity contribution in [2.24, 2.45) is 0 Å². The molecule has 1 aromatic heterocycles. The molecule has 4 aliphatic heterocycles. The number of nitrogens with zero attached hydrogens (tertiary/aromatic N) is 3. The van der Waals surface area contributed by atoms with Gasteiger partial charge in [-0.3, -0.25) is 9.59 Å². The summed E-state index contributed by atoms with van der Waals surface area (Å²) >= 11 is 1.69. The molecule has 3 aromatic rings. The molecule has 1 atom stereocenters. The fourth-order valence-corrected chi connectivity index (χ4v) is 8.95. The van der Waals surface area contributed by atoms with Crippen molar-refractivity contribution in [1.29, 1.82) is 0 Å². The number of fused-ring (bicyclic) bond motifs is 3. The van der Waals surface area contributed by atoms with E-state index in [2.05, 4.69) is 39.1 Å². The van der Waals surface area contributed by atoms with Crippen molar-refractivity contribution in [1.82, 2.24) is 25.3 Å². The van der Waals surface area contributed by atoms with Crippen LogP contribution in [0.2, 0.25) is 0 Å². The van der Waals surface area contributed by atoms with Crippen molar-refractivity contribution in [3.8, 4) is 0 Å². The number of hydrogen-bond acceptors (Lipinski definition) is 5. The summed E-state index contributed by atoms with van der Waals surface area (Å²) < 4.78 is 1.20. The van der Waals surface area contributed by atoms with Crippen LogP contribution in [0.25, 0.3) is 10.1 Å². The number of carbonyl (C=O) groups is 3. The molecule has 0 aliphatic carbocycles. The molecule has 0 bridgehead atoms. The molecule has 0 saturated carbocycles. The van der Waals surface area contributed by atoms with Crippen LogP contribution in [-0.4, -0.2) is 90.4 Å². The molecule has 4 aliphatic rings. The Bertz CT molecular complexity index is 1520. The van der Waals surface area contributed by atoms with Gasteiger partial charge in [-0.15, -0.1) is 11.3 Å². The zero-order chi connectivity index (χ0) is 30.1. The fraction of sp³-hybridized carbons (Fsp3) is 0.514. The molecule has 232 valence electrons. The molecule has 3 saturated heterocycles. The van der Waals surface area contributed by atoms with Gasteiger partial charge in [-0.1, -0.05) is 42.8 Å². The van der Waals surface area contributed by atoms with E-state index in [-0.39, 0.29) is 23.3 Å². The van der Waals surface area contributed by atoms with Gasteiger partial charge in [-0.25, -0.2) is 4.79 Å². The van der Waals surface area contributed by atoms with Gasteiger partial charge in [0.15, 0.2) is 0 Å². The average Bonchev–Trinajstić information content (AvgIpc) is 3.49. The highest BCUT2D eigenvalue weighted by atomic mass is 32.1. The summed E-state index contributed by atoms with van der Waals surface area (Å²) in [6, 6.07) is 15.9. The maximum absolute atomic E-state index is 14.1. The van der Waals surface area contributed by atoms with Gasteiger partial charge in [-0.2, -0.15) is 0 Å². The van der Waals surface area contributed by atoms with Crippen LogP contribution in [0.1, 0.15) is 66.4 Å². The number of amides is 4. The first-order valence-electron chi connectivity index (χ1n) is 16.4. The monoisotopic (exact) mass is 613 g/mol. The number of thiophene rings is 1. The van der Waals surface area contributed by atoms with E-state index in [4.69, 9.17) is 0 Å². The first kappa shape index (κ1) is 29.3. The number of likely N-dealkylation sites (tertiary alicyclic amines) is 3. The second-order valence-corrected chi connectivity index (χ2v) is 14.0. The number of benzene rings is 2. The second-order valence-electron chi connectivity index (χ2n) is 13.1. The number of rotatable bonds is 5. The third-order valence-electron chi connectivity index (χ3n) is 10.6. The maximum atomic E-state index is 14.1. The zero-order valence-electron chi connectivity index (χ0n) is 25.4. The van der Waals surface area contributed by atoms with Crippen LogP contribution in [0.3, 0.4) is 0 Å². The van der Waals surface area contributed by atoms with E-state index < -0.39 is 6.04 Å². The molecule has 3 fully saturated rings. The third kappa shape index (κ3) is 5.72. The summed E-state index contributed by atoms with van der Waals surface area (Å²) in [6.45, 7) is 5.61. The summed E-state index contributed by atoms with van der Waals surface area (Å²) in [5.74, 6) is 0.0109. The summed E-state index contributed by atoms with van der Waals surface area (Å²) in [6.07, 6.45) is 7.92. The highest BCUT2D eigenvalue weighted by molar-refractivity contribution is 7.17. The summed E-state index contributed by atoms with van der Waals surface area (Å²) in [7, 11) is 0. The van der Waals surface area contributed by atoms with Gasteiger partial charge in [0.2, 0.25) is 5.91 Å². The summed E-state index contributed by atoms with van der Waals surface area (Å²) in [5.41, 5.74) is 2.79. The predicted molar refractivity (Wildman–Crippen MR) is 174 cm³/mol. The van der Waals surface area contributed by atoms with Gasteiger partial charge < -0.3 is 25.3 Å². The molecule has 0 unspecified atom stereocenters. The molecule has 8 nitrogen and oxygen atoms in total. The molecule has 0 radical (unpaired) electrons. The molecular weight excluding hydrogens is 570 g/mol. The predicted octanol–water partition coefficient (Wildman–Crippen LogP) is 4.78. The van der Waals surface area contributed by atoms with Crippen molar-refractivity contribution in [3.05, 3.63) is 70.6 Å². The van der Waals surface area contributed by atoms with Crippen LogP contribution in [-0.2, 0) is 16.6 Å². The standard InChI is InChI=1S/C35H43N5O3S/c41-32-28-9-2-4-10-29(28)35(24-36-32)14-20-40(21-15-35)34(43)37-30(22-25-23-44-31-11-5-3-8-27(25)31)33(42)39-18-12-26(13-19-39)38-16-6-1-7-17-38/h2-5,8-11,23,26,30H,1,6-7,12-22,24H2,(H,36,41)(H,37,43)/t30-/m1/s1. The van der Waals surface area contributed by atoms with E-state index in [1.54, 1.807) is 11.3 Å². The van der Waals surface area contributed by atoms with E-state index in [1.165, 1.54) is 37.1 Å². The lowest BCUT2D eigenvalue weighted by Gasteiger charge is -2.45. The minimum atomic E-state index is -0.613. The first-order valence-corrected chi connectivity index (χ1v) is 17.3. The molecule has 2 aromatic carbocycles. The quantitative estimate of drug-likeness (QED) is 0.434. The normalized spacial score (nSPS) is 21.6. The molecule has 9 heteroatoms. The Morgan fingerprint density at radius 1 is 0.909 bits per heavy atom. The van der Waals surface area contributed by atoms with Crippen LogP contribution in [0.4, 0.5) is 4.79 Å². The maximum Gasteiger partial charge on any atom is 0.318 e. The van der Waals surface area contributed by atoms with E-state index in [1.807, 2.05) is 40.1 Å². The lowest BCUT2D eigenvalue weighted by Crippen LogP contribution is -2.58. The average molecular weight is 614 g/mol. The van der Waals surface area contributed by atoms with Crippen molar-refractivity contribution in [2.75, 3.05) is 45.8 Å². The third-order valence-corrected chi connectivity index (χ3v) is 11.6. The van der Waals surface area contributed by atoms with Crippen LogP contribution < -0.4 is 10.6 Å². The van der Waals surface area contributed by atoms with Gasteiger partial charge in [0.05, 0.1) is 0 Å². The van der Waals surface area contributed by atoms with E-state index in [0.29, 0.717) is 32.1 Å². The highest BCUT2D eigenvalue weighted by Gasteiger charge is 2.43.